The first-order chi connectivity index (χ1) is 12.5. The number of nitrogens with one attached hydrogen (secondary N) is 1. The molecule has 1 N–H and O–H groups in total. The fourth-order valence-electron chi connectivity index (χ4n) is 2.49. The molecule has 2 aromatic carbocycles. The maximum absolute atomic E-state index is 14.4. The van der Waals surface area contributed by atoms with Crippen LogP contribution in [0.4, 0.5) is 10.1 Å². The fourth-order valence-corrected chi connectivity index (χ4v) is 2.49. The van der Waals surface area contributed by atoms with Gasteiger partial charge in [0.25, 0.3) is 5.91 Å². The average molecular weight is 353 g/mol. The van der Waals surface area contributed by atoms with E-state index in [9.17, 15) is 14.0 Å². The quantitative estimate of drug-likeness (QED) is 0.730. The Morgan fingerprint density at radius 1 is 1.12 bits per heavy atom. The van der Waals surface area contributed by atoms with Crippen LogP contribution in [0.5, 0.6) is 0 Å². The number of rotatable bonds is 4. The molecule has 0 unspecified atom stereocenters. The first-order valence-electron chi connectivity index (χ1n) is 7.79. The van der Waals surface area contributed by atoms with Crippen molar-refractivity contribution in [3.8, 4) is 5.69 Å². The summed E-state index contributed by atoms with van der Waals surface area (Å²) in [6.45, 7) is 1.77. The molecule has 132 valence electrons. The second-order valence-electron chi connectivity index (χ2n) is 5.53. The highest BCUT2D eigenvalue weighted by atomic mass is 19.1. The maximum Gasteiger partial charge on any atom is 0.337 e. The Labute approximate surface area is 149 Å². The van der Waals surface area contributed by atoms with Gasteiger partial charge >= 0.3 is 5.97 Å². The van der Waals surface area contributed by atoms with Crippen molar-refractivity contribution in [1.29, 1.82) is 0 Å². The molecule has 0 aliphatic heterocycles. The Bertz CT molecular complexity index is 964. The number of halogens is 1. The van der Waals surface area contributed by atoms with Crippen molar-refractivity contribution in [2.24, 2.45) is 0 Å². The topological polar surface area (TPSA) is 73.2 Å². The molecule has 7 heteroatoms. The van der Waals surface area contributed by atoms with Crippen LogP contribution in [0.25, 0.3) is 5.69 Å². The van der Waals surface area contributed by atoms with Crippen molar-refractivity contribution in [2.45, 2.75) is 6.92 Å². The van der Waals surface area contributed by atoms with Crippen molar-refractivity contribution in [2.75, 3.05) is 12.4 Å². The lowest BCUT2D eigenvalue weighted by Gasteiger charge is -2.10. The Hall–Kier alpha value is -3.48. The van der Waals surface area contributed by atoms with E-state index in [2.05, 4.69) is 15.0 Å². The van der Waals surface area contributed by atoms with Crippen LogP contribution in [0, 0.1) is 12.7 Å². The van der Waals surface area contributed by atoms with Gasteiger partial charge in [-0.1, -0.05) is 0 Å². The van der Waals surface area contributed by atoms with E-state index in [1.165, 1.54) is 37.4 Å². The minimum Gasteiger partial charge on any atom is -0.465 e. The van der Waals surface area contributed by atoms with Crippen LogP contribution in [-0.4, -0.2) is 28.5 Å². The summed E-state index contributed by atoms with van der Waals surface area (Å²) in [5.41, 5.74) is 1.36. The molecule has 1 amide bonds. The highest BCUT2D eigenvalue weighted by molar-refractivity contribution is 6.04. The number of methoxy groups -OCH3 is 1. The lowest BCUT2D eigenvalue weighted by atomic mass is 10.1. The van der Waals surface area contributed by atoms with Crippen LogP contribution < -0.4 is 5.32 Å². The molecule has 0 saturated carbocycles. The number of ether oxygens (including phenoxy) is 1. The molecular weight excluding hydrogens is 337 g/mol. The summed E-state index contributed by atoms with van der Waals surface area (Å²) in [5.74, 6) is -0.715. The summed E-state index contributed by atoms with van der Waals surface area (Å²) in [6, 6.07) is 10.4. The minimum atomic E-state index is -0.482. The molecule has 3 rings (SSSR count). The number of benzene rings is 2. The molecule has 0 saturated heterocycles. The van der Waals surface area contributed by atoms with Crippen LogP contribution in [0.15, 0.2) is 54.9 Å². The van der Waals surface area contributed by atoms with E-state index in [1.807, 2.05) is 0 Å². The molecular formula is C19H16FN3O3. The van der Waals surface area contributed by atoms with Crippen LogP contribution in [0.1, 0.15) is 26.5 Å². The van der Waals surface area contributed by atoms with Crippen LogP contribution in [-0.2, 0) is 4.74 Å². The second-order valence-corrected chi connectivity index (χ2v) is 5.53. The Morgan fingerprint density at radius 3 is 2.38 bits per heavy atom. The van der Waals surface area contributed by atoms with E-state index in [-0.39, 0.29) is 0 Å². The van der Waals surface area contributed by atoms with Gasteiger partial charge in [-0.25, -0.2) is 14.2 Å². The van der Waals surface area contributed by atoms with Crippen LogP contribution in [0.2, 0.25) is 0 Å². The molecule has 0 fully saturated rings. The standard InChI is InChI=1S/C19H16FN3O3/c1-12-21-9-10-23(12)17-8-7-15(11-16(17)20)22-18(24)13-3-5-14(6-4-13)19(25)26-2/h3-11H,1-2H3,(H,22,24). The fraction of sp³-hybridized carbons (Fsp3) is 0.105. The molecule has 6 nitrogen and oxygen atoms in total. The van der Waals surface area contributed by atoms with Gasteiger partial charge in [-0.3, -0.25) is 4.79 Å². The van der Waals surface area contributed by atoms with Gasteiger partial charge in [-0.05, 0) is 49.4 Å². The molecule has 3 aromatic rings. The van der Waals surface area contributed by atoms with E-state index in [4.69, 9.17) is 0 Å². The van der Waals surface area contributed by atoms with Gasteiger partial charge in [0.05, 0.1) is 18.4 Å². The molecule has 0 bridgehead atoms. The number of carbonyl (C=O) groups excluding carboxylic acids is 2. The van der Waals surface area contributed by atoms with Crippen molar-refractivity contribution in [1.82, 2.24) is 9.55 Å². The molecule has 0 spiro atoms. The zero-order valence-corrected chi connectivity index (χ0v) is 14.2. The SMILES string of the molecule is COC(=O)c1ccc(C(=O)Nc2ccc(-n3ccnc3C)c(F)c2)cc1. The van der Waals surface area contributed by atoms with Gasteiger partial charge in [0, 0.05) is 23.6 Å². The molecule has 0 atom stereocenters. The van der Waals surface area contributed by atoms with Gasteiger partial charge in [0.1, 0.15) is 11.6 Å². The number of esters is 1. The molecule has 1 aromatic heterocycles. The Balaban J connectivity index is 1.76. The average Bonchev–Trinajstić information content (AvgIpc) is 3.07. The molecule has 0 aliphatic carbocycles. The molecule has 1 heterocycles. The van der Waals surface area contributed by atoms with Gasteiger partial charge < -0.3 is 14.6 Å². The first kappa shape index (κ1) is 17.3. The third-order valence-electron chi connectivity index (χ3n) is 3.86. The molecule has 26 heavy (non-hydrogen) atoms. The number of anilines is 1. The maximum atomic E-state index is 14.4. The first-order valence-corrected chi connectivity index (χ1v) is 7.79. The van der Waals surface area contributed by atoms with Crippen molar-refractivity contribution in [3.05, 3.63) is 77.6 Å². The largest absolute Gasteiger partial charge is 0.465 e. The number of carbonyl (C=O) groups is 2. The zero-order valence-electron chi connectivity index (χ0n) is 14.2. The lowest BCUT2D eigenvalue weighted by Crippen LogP contribution is -2.13. The van der Waals surface area contributed by atoms with Gasteiger partial charge in [0.15, 0.2) is 0 Å². The predicted molar refractivity (Wildman–Crippen MR) is 94.0 cm³/mol. The van der Waals surface area contributed by atoms with E-state index in [0.717, 1.165) is 0 Å². The summed E-state index contributed by atoms with van der Waals surface area (Å²) in [5, 5.41) is 2.63. The van der Waals surface area contributed by atoms with Gasteiger partial charge in [-0.15, -0.1) is 0 Å². The normalized spacial score (nSPS) is 10.4. The Kier molecular flexibility index (Phi) is 4.79. The third-order valence-corrected chi connectivity index (χ3v) is 3.86. The number of amides is 1. The van der Waals surface area contributed by atoms with E-state index in [1.54, 1.807) is 36.0 Å². The summed E-state index contributed by atoms with van der Waals surface area (Å²) in [7, 11) is 1.28. The smallest absolute Gasteiger partial charge is 0.337 e. The van der Waals surface area contributed by atoms with Gasteiger partial charge in [0.2, 0.25) is 0 Å². The van der Waals surface area contributed by atoms with E-state index < -0.39 is 17.7 Å². The minimum absolute atomic E-state index is 0.325. The molecule has 0 aliphatic rings. The summed E-state index contributed by atoms with van der Waals surface area (Å²) in [4.78, 5) is 27.7. The van der Waals surface area contributed by atoms with Crippen molar-refractivity contribution in [3.63, 3.8) is 0 Å². The predicted octanol–water partition coefficient (Wildman–Crippen LogP) is 3.36. The highest BCUT2D eigenvalue weighted by Gasteiger charge is 2.12. The second kappa shape index (κ2) is 7.18. The van der Waals surface area contributed by atoms with Crippen LogP contribution >= 0.6 is 0 Å². The number of aryl methyl sites for hydroxylation is 1. The number of aromatic nitrogens is 2. The van der Waals surface area contributed by atoms with E-state index >= 15 is 0 Å². The monoisotopic (exact) mass is 353 g/mol. The number of hydrogen-bond donors (Lipinski definition) is 1. The third kappa shape index (κ3) is 3.46. The molecule has 0 radical (unpaired) electrons. The number of imidazole rings is 1. The highest BCUT2D eigenvalue weighted by Crippen LogP contribution is 2.20. The number of hydrogen-bond acceptors (Lipinski definition) is 4. The van der Waals surface area contributed by atoms with Gasteiger partial charge in [-0.2, -0.15) is 0 Å². The Morgan fingerprint density at radius 2 is 1.81 bits per heavy atom. The number of nitrogens with zero attached hydrogens (tertiary/aromatic N) is 2. The van der Waals surface area contributed by atoms with Crippen molar-refractivity contribution < 1.29 is 18.7 Å². The summed E-state index contributed by atoms with van der Waals surface area (Å²) < 4.78 is 20.6. The summed E-state index contributed by atoms with van der Waals surface area (Å²) in [6.07, 6.45) is 3.25. The summed E-state index contributed by atoms with van der Waals surface area (Å²) >= 11 is 0. The van der Waals surface area contributed by atoms with E-state index in [0.29, 0.717) is 28.3 Å². The van der Waals surface area contributed by atoms with Crippen molar-refractivity contribution >= 4 is 17.6 Å². The van der Waals surface area contributed by atoms with Crippen LogP contribution in [0.3, 0.4) is 0 Å². The lowest BCUT2D eigenvalue weighted by molar-refractivity contribution is 0.0600. The zero-order chi connectivity index (χ0) is 18.7.